The zero-order valence-electron chi connectivity index (χ0n) is 21.6. The highest BCUT2D eigenvalue weighted by Crippen LogP contribution is 2.44. The van der Waals surface area contributed by atoms with Crippen LogP contribution < -0.4 is 11.1 Å². The van der Waals surface area contributed by atoms with Gasteiger partial charge in [-0.15, -0.1) is 0 Å². The Morgan fingerprint density at radius 1 is 0.947 bits per heavy atom. The number of fused-ring (bicyclic) bond motifs is 3. The maximum absolute atomic E-state index is 12.9. The third-order valence-corrected chi connectivity index (χ3v) is 6.35. The zero-order valence-corrected chi connectivity index (χ0v) is 21.6. The molecule has 4 N–H and O–H groups in total. The van der Waals surface area contributed by atoms with Crippen LogP contribution in [0.5, 0.6) is 0 Å². The smallest absolute Gasteiger partial charge is 0.408 e. The minimum atomic E-state index is -1.22. The molecule has 8 heteroatoms. The van der Waals surface area contributed by atoms with E-state index < -0.39 is 35.7 Å². The first-order valence-electron chi connectivity index (χ1n) is 12.4. The van der Waals surface area contributed by atoms with Crippen LogP contribution in [0.4, 0.5) is 4.79 Å². The van der Waals surface area contributed by atoms with E-state index in [-0.39, 0.29) is 18.9 Å². The number of ether oxygens (including phenoxy) is 2. The van der Waals surface area contributed by atoms with Crippen molar-refractivity contribution in [3.05, 3.63) is 95.1 Å². The number of carboxylic acids is 1. The molecule has 0 radical (unpaired) electrons. The monoisotopic (exact) mass is 516 g/mol. The number of carbonyl (C=O) groups excluding carboxylic acids is 2. The fourth-order valence-electron chi connectivity index (χ4n) is 4.63. The molecule has 0 fully saturated rings. The Hall–Kier alpha value is -4.17. The fraction of sp³-hybridized carbons (Fsp3) is 0.300. The lowest BCUT2D eigenvalue weighted by molar-refractivity contribution is -0.145. The van der Waals surface area contributed by atoms with Crippen molar-refractivity contribution in [2.45, 2.75) is 50.8 Å². The van der Waals surface area contributed by atoms with Crippen molar-refractivity contribution in [3.8, 4) is 11.1 Å². The summed E-state index contributed by atoms with van der Waals surface area (Å²) in [6.45, 7) is 5.23. The molecular weight excluding hydrogens is 484 g/mol. The number of rotatable bonds is 8. The predicted molar refractivity (Wildman–Crippen MR) is 143 cm³/mol. The summed E-state index contributed by atoms with van der Waals surface area (Å²) in [5, 5.41) is 12.0. The molecule has 0 saturated heterocycles. The van der Waals surface area contributed by atoms with Gasteiger partial charge in [0.15, 0.2) is 0 Å². The van der Waals surface area contributed by atoms with Crippen molar-refractivity contribution in [2.75, 3.05) is 6.61 Å². The van der Waals surface area contributed by atoms with E-state index in [9.17, 15) is 19.5 Å². The van der Waals surface area contributed by atoms with E-state index in [2.05, 4.69) is 17.4 Å². The number of nitrogens with two attached hydrogens (primary N) is 1. The topological polar surface area (TPSA) is 128 Å². The molecule has 1 amide bonds. The van der Waals surface area contributed by atoms with Gasteiger partial charge in [-0.1, -0.05) is 72.8 Å². The van der Waals surface area contributed by atoms with Crippen molar-refractivity contribution in [1.82, 2.24) is 5.32 Å². The van der Waals surface area contributed by atoms with Crippen LogP contribution in [-0.2, 0) is 25.5 Å². The molecule has 1 aliphatic carbocycles. The Labute approximate surface area is 221 Å². The van der Waals surface area contributed by atoms with E-state index in [1.165, 1.54) is 0 Å². The summed E-state index contributed by atoms with van der Waals surface area (Å²) in [5.74, 6) is -1.87. The number of nitrogens with one attached hydrogen (secondary N) is 1. The summed E-state index contributed by atoms with van der Waals surface area (Å²) in [7, 11) is 0. The summed E-state index contributed by atoms with van der Waals surface area (Å²) >= 11 is 0. The number of hydrogen-bond acceptors (Lipinski definition) is 6. The molecule has 0 aliphatic heterocycles. The van der Waals surface area contributed by atoms with Gasteiger partial charge in [0.2, 0.25) is 0 Å². The van der Waals surface area contributed by atoms with Crippen molar-refractivity contribution in [3.63, 3.8) is 0 Å². The molecule has 0 saturated carbocycles. The molecule has 0 heterocycles. The molecule has 0 bridgehead atoms. The van der Waals surface area contributed by atoms with Crippen LogP contribution in [0.25, 0.3) is 11.1 Å². The number of aliphatic carboxylic acids is 1. The average molecular weight is 517 g/mol. The molecule has 198 valence electrons. The van der Waals surface area contributed by atoms with Gasteiger partial charge in [0.1, 0.15) is 24.3 Å². The highest BCUT2D eigenvalue weighted by Gasteiger charge is 2.30. The number of esters is 1. The Morgan fingerprint density at radius 2 is 1.55 bits per heavy atom. The van der Waals surface area contributed by atoms with E-state index in [1.54, 1.807) is 45.0 Å². The van der Waals surface area contributed by atoms with Crippen molar-refractivity contribution in [1.29, 1.82) is 0 Å². The van der Waals surface area contributed by atoms with Crippen LogP contribution in [-0.4, -0.2) is 41.4 Å². The molecular formula is C30H32N2O6. The normalized spacial score (nSPS) is 14.1. The number of carboxylic acid groups (broad SMARTS) is 1. The van der Waals surface area contributed by atoms with Crippen LogP contribution in [0.3, 0.4) is 0 Å². The lowest BCUT2D eigenvalue weighted by Gasteiger charge is -2.22. The first-order chi connectivity index (χ1) is 18.0. The summed E-state index contributed by atoms with van der Waals surface area (Å²) in [6.07, 6.45) is -0.837. The van der Waals surface area contributed by atoms with Crippen molar-refractivity contribution >= 4 is 18.0 Å². The third-order valence-electron chi connectivity index (χ3n) is 6.35. The number of benzene rings is 3. The van der Waals surface area contributed by atoms with Crippen molar-refractivity contribution in [2.24, 2.45) is 5.73 Å². The molecule has 0 spiro atoms. The van der Waals surface area contributed by atoms with Crippen LogP contribution in [0.15, 0.2) is 72.8 Å². The molecule has 38 heavy (non-hydrogen) atoms. The molecule has 8 nitrogen and oxygen atoms in total. The molecule has 1 unspecified atom stereocenters. The molecule has 0 aromatic heterocycles. The second-order valence-corrected chi connectivity index (χ2v) is 10.3. The highest BCUT2D eigenvalue weighted by molar-refractivity contribution is 5.81. The van der Waals surface area contributed by atoms with E-state index >= 15 is 0 Å². The molecule has 3 aromatic carbocycles. The summed E-state index contributed by atoms with van der Waals surface area (Å²) in [5.41, 5.74) is 11.0. The molecule has 1 aliphatic rings. The molecule has 3 aromatic rings. The van der Waals surface area contributed by atoms with Gasteiger partial charge < -0.3 is 25.6 Å². The summed E-state index contributed by atoms with van der Waals surface area (Å²) < 4.78 is 10.9. The van der Waals surface area contributed by atoms with Crippen LogP contribution in [0.1, 0.15) is 55.0 Å². The SMILES string of the molecule is CC(C)(C)OC(=O)N[C@@H](Cc1cccc(C(N)C(=O)OCC2c3ccccc3-c3ccccc32)c1)C(=O)O. The largest absolute Gasteiger partial charge is 0.480 e. The maximum atomic E-state index is 12.9. The van der Waals surface area contributed by atoms with Crippen molar-refractivity contribution < 1.29 is 29.0 Å². The predicted octanol–water partition coefficient (Wildman–Crippen LogP) is 4.56. The quantitative estimate of drug-likeness (QED) is 0.374. The lowest BCUT2D eigenvalue weighted by Crippen LogP contribution is -2.44. The summed E-state index contributed by atoms with van der Waals surface area (Å²) in [6, 6.07) is 20.6. The highest BCUT2D eigenvalue weighted by atomic mass is 16.6. The third kappa shape index (κ3) is 6.20. The van der Waals surface area contributed by atoms with Gasteiger partial charge >= 0.3 is 18.0 Å². The van der Waals surface area contributed by atoms with Gasteiger partial charge in [0.25, 0.3) is 0 Å². The van der Waals surface area contributed by atoms with Gasteiger partial charge in [-0.2, -0.15) is 0 Å². The molecule has 4 rings (SSSR count). The zero-order chi connectivity index (χ0) is 27.4. The van der Waals surface area contributed by atoms with Gasteiger partial charge in [-0.3, -0.25) is 0 Å². The Morgan fingerprint density at radius 3 is 2.13 bits per heavy atom. The van der Waals surface area contributed by atoms with Gasteiger partial charge in [-0.25, -0.2) is 14.4 Å². The second kappa shape index (κ2) is 11.1. The van der Waals surface area contributed by atoms with Gasteiger partial charge in [0.05, 0.1) is 0 Å². The minimum absolute atomic E-state index is 0.0141. The first-order valence-corrected chi connectivity index (χ1v) is 12.4. The maximum Gasteiger partial charge on any atom is 0.408 e. The standard InChI is InChI=1S/C30H32N2O6/c1-30(2,3)38-29(36)32-25(27(33)34)16-18-9-8-10-19(15-18)26(31)28(35)37-17-24-22-13-6-4-11-20(22)21-12-5-7-14-23(21)24/h4-15,24-26H,16-17,31H2,1-3H3,(H,32,36)(H,33,34)/t25-,26?/m0/s1. The van der Waals surface area contributed by atoms with E-state index in [4.69, 9.17) is 15.2 Å². The first kappa shape index (κ1) is 26.9. The minimum Gasteiger partial charge on any atom is -0.480 e. The van der Waals surface area contributed by atoms with E-state index in [1.807, 2.05) is 36.4 Å². The van der Waals surface area contributed by atoms with Crippen LogP contribution in [0.2, 0.25) is 0 Å². The lowest BCUT2D eigenvalue weighted by atomic mass is 9.98. The number of carbonyl (C=O) groups is 3. The Kier molecular flexibility index (Phi) is 7.83. The second-order valence-electron chi connectivity index (χ2n) is 10.3. The summed E-state index contributed by atoms with van der Waals surface area (Å²) in [4.78, 5) is 36.8. The number of hydrogen-bond donors (Lipinski definition) is 3. The Balaban J connectivity index is 1.42. The van der Waals surface area contributed by atoms with Crippen LogP contribution >= 0.6 is 0 Å². The average Bonchev–Trinajstić information content (AvgIpc) is 3.19. The Bertz CT molecular complexity index is 1300. The van der Waals surface area contributed by atoms with Gasteiger partial charge in [0, 0.05) is 12.3 Å². The van der Waals surface area contributed by atoms with E-state index in [0.29, 0.717) is 11.1 Å². The van der Waals surface area contributed by atoms with Gasteiger partial charge in [-0.05, 0) is 54.2 Å². The van der Waals surface area contributed by atoms with Crippen LogP contribution in [0, 0.1) is 0 Å². The van der Waals surface area contributed by atoms with E-state index in [0.717, 1.165) is 22.3 Å². The fourth-order valence-corrected chi connectivity index (χ4v) is 4.63. The number of amides is 1. The number of alkyl carbamates (subject to hydrolysis) is 1. The molecule has 2 atom stereocenters.